The van der Waals surface area contributed by atoms with Crippen molar-refractivity contribution in [2.24, 2.45) is 0 Å². The second-order valence-electron chi connectivity index (χ2n) is 4.76. The first-order valence-electron chi connectivity index (χ1n) is 6.26. The summed E-state index contributed by atoms with van der Waals surface area (Å²) in [5.74, 6) is -1.05. The third-order valence-electron chi connectivity index (χ3n) is 2.55. The first-order valence-corrected chi connectivity index (χ1v) is 11.3. The van der Waals surface area contributed by atoms with Gasteiger partial charge in [0.25, 0.3) is 0 Å². The Kier molecular flexibility index (Phi) is 6.52. The van der Waals surface area contributed by atoms with Crippen molar-refractivity contribution in [2.75, 3.05) is 11.9 Å². The van der Waals surface area contributed by atoms with Crippen LogP contribution in [0.1, 0.15) is 12.0 Å². The molecule has 8 heteroatoms. The second kappa shape index (κ2) is 7.68. The van der Waals surface area contributed by atoms with Gasteiger partial charge in [-0.15, -0.1) is 0 Å². The molecule has 1 aromatic carbocycles. The van der Waals surface area contributed by atoms with Gasteiger partial charge in [-0.3, -0.25) is 0 Å². The van der Waals surface area contributed by atoms with E-state index in [0.717, 1.165) is 17.7 Å². The summed E-state index contributed by atoms with van der Waals surface area (Å²) in [5.41, 5.74) is 3.03. The van der Waals surface area contributed by atoms with Gasteiger partial charge in [0, 0.05) is 0 Å². The Bertz CT molecular complexity index is 492. The minimum atomic E-state index is -4.66. The van der Waals surface area contributed by atoms with E-state index in [9.17, 15) is 22.4 Å². The number of nitrogens with one attached hydrogen (secondary N) is 2. The van der Waals surface area contributed by atoms with Gasteiger partial charge in [-0.25, -0.2) is 0 Å². The molecule has 0 saturated heterocycles. The third kappa shape index (κ3) is 6.84. The molecule has 21 heavy (non-hydrogen) atoms. The topological polar surface area (TPSA) is 41.1 Å². The van der Waals surface area contributed by atoms with Crippen LogP contribution in [0.4, 0.5) is 28.0 Å². The molecule has 2 N–H and O–H groups in total. The molecule has 0 aliphatic carbocycles. The van der Waals surface area contributed by atoms with E-state index in [-0.39, 0.29) is 5.69 Å². The van der Waals surface area contributed by atoms with Crippen LogP contribution in [0.3, 0.4) is 0 Å². The Hall–Kier alpha value is -1.23. The van der Waals surface area contributed by atoms with E-state index in [1.165, 1.54) is 0 Å². The SMILES string of the molecule is C[As](C)CCCNC(=O)Nc1cc(F)cc(C(F)(F)F)c1. The first-order chi connectivity index (χ1) is 9.68. The van der Waals surface area contributed by atoms with Crippen LogP contribution in [0.25, 0.3) is 0 Å². The molecule has 2 amide bonds. The van der Waals surface area contributed by atoms with Gasteiger partial charge in [0.1, 0.15) is 0 Å². The molecule has 0 aliphatic rings. The predicted octanol–water partition coefficient (Wildman–Crippen LogP) is 4.11. The average Bonchev–Trinajstić information content (AvgIpc) is 2.32. The summed E-state index contributed by atoms with van der Waals surface area (Å²) in [6, 6.07) is 1.29. The number of rotatable bonds is 5. The molecule has 0 radical (unpaired) electrons. The first kappa shape index (κ1) is 17.8. The van der Waals surface area contributed by atoms with Crippen LogP contribution in [-0.4, -0.2) is 27.2 Å². The molecule has 0 fully saturated rings. The molecule has 0 heterocycles. The van der Waals surface area contributed by atoms with Crippen molar-refractivity contribution in [2.45, 2.75) is 29.2 Å². The van der Waals surface area contributed by atoms with E-state index in [4.69, 9.17) is 0 Å². The number of halogens is 4. The fourth-order valence-electron chi connectivity index (χ4n) is 1.60. The van der Waals surface area contributed by atoms with Crippen LogP contribution in [0.15, 0.2) is 18.2 Å². The maximum atomic E-state index is 13.1. The van der Waals surface area contributed by atoms with E-state index in [2.05, 4.69) is 22.1 Å². The van der Waals surface area contributed by atoms with Crippen molar-refractivity contribution in [3.8, 4) is 0 Å². The zero-order valence-electron chi connectivity index (χ0n) is 11.7. The summed E-state index contributed by atoms with van der Waals surface area (Å²) in [6.45, 7) is 0.445. The van der Waals surface area contributed by atoms with Gasteiger partial charge in [0.05, 0.1) is 0 Å². The molecule has 0 unspecified atom stereocenters. The molecule has 1 rings (SSSR count). The van der Waals surface area contributed by atoms with Gasteiger partial charge in [0.15, 0.2) is 0 Å². The summed E-state index contributed by atoms with van der Waals surface area (Å²) < 4.78 is 50.7. The predicted molar refractivity (Wildman–Crippen MR) is 75.3 cm³/mol. The van der Waals surface area contributed by atoms with Crippen LogP contribution in [-0.2, 0) is 6.18 Å². The van der Waals surface area contributed by atoms with E-state index < -0.39 is 38.2 Å². The van der Waals surface area contributed by atoms with Crippen molar-refractivity contribution in [1.29, 1.82) is 0 Å². The van der Waals surface area contributed by atoms with Crippen molar-refractivity contribution >= 4 is 26.4 Å². The summed E-state index contributed by atoms with van der Waals surface area (Å²) in [7, 11) is 0. The van der Waals surface area contributed by atoms with Crippen LogP contribution in [0.2, 0.25) is 16.6 Å². The Morgan fingerprint density at radius 3 is 2.48 bits per heavy atom. The van der Waals surface area contributed by atoms with Crippen molar-refractivity contribution < 1.29 is 22.4 Å². The number of amides is 2. The minimum absolute atomic E-state index is 0.224. The van der Waals surface area contributed by atoms with Gasteiger partial charge in [-0.05, 0) is 0 Å². The molecule has 0 spiro atoms. The van der Waals surface area contributed by atoms with E-state index in [0.29, 0.717) is 18.7 Å². The molecule has 3 nitrogen and oxygen atoms in total. The summed E-state index contributed by atoms with van der Waals surface area (Å²) >= 11 is -0.740. The fraction of sp³-hybridized carbons (Fsp3) is 0.462. The quantitative estimate of drug-likeness (QED) is 0.459. The van der Waals surface area contributed by atoms with E-state index in [1.807, 2.05) is 0 Å². The van der Waals surface area contributed by atoms with Gasteiger partial charge < -0.3 is 0 Å². The fourth-order valence-corrected chi connectivity index (χ4v) is 3.26. The van der Waals surface area contributed by atoms with Crippen LogP contribution < -0.4 is 10.6 Å². The number of benzene rings is 1. The number of hydrogen-bond acceptors (Lipinski definition) is 1. The van der Waals surface area contributed by atoms with Crippen molar-refractivity contribution in [1.82, 2.24) is 5.32 Å². The number of hydrogen-bond donors (Lipinski definition) is 2. The normalized spacial score (nSPS) is 11.6. The summed E-state index contributed by atoms with van der Waals surface area (Å²) in [5, 5.41) is 5.81. The zero-order valence-corrected chi connectivity index (χ0v) is 13.6. The van der Waals surface area contributed by atoms with Crippen LogP contribution >= 0.6 is 0 Å². The van der Waals surface area contributed by atoms with Crippen molar-refractivity contribution in [3.63, 3.8) is 0 Å². The second-order valence-corrected chi connectivity index (χ2v) is 10.2. The van der Waals surface area contributed by atoms with E-state index in [1.54, 1.807) is 0 Å². The number of carbonyl (C=O) groups is 1. The van der Waals surface area contributed by atoms with Gasteiger partial charge in [-0.1, -0.05) is 0 Å². The molecule has 0 aromatic heterocycles. The zero-order chi connectivity index (χ0) is 16.0. The Morgan fingerprint density at radius 1 is 1.24 bits per heavy atom. The standard InChI is InChI=1S/C13H17AsF4N2O/c1-14(2)4-3-5-19-12(21)20-11-7-9(13(16,17)18)6-10(15)8-11/h6-8H,3-5H2,1-2H3,(H2,19,20,21). The molecule has 0 saturated carbocycles. The third-order valence-corrected chi connectivity index (χ3v) is 5.09. The molecule has 0 atom stereocenters. The maximum absolute atomic E-state index is 13.1. The van der Waals surface area contributed by atoms with Crippen molar-refractivity contribution in [3.05, 3.63) is 29.6 Å². The Labute approximate surface area is 125 Å². The monoisotopic (exact) mass is 368 g/mol. The molecule has 1 aromatic rings. The number of urea groups is 1. The Morgan fingerprint density at radius 2 is 1.90 bits per heavy atom. The molecule has 118 valence electrons. The van der Waals surface area contributed by atoms with Gasteiger partial charge in [-0.2, -0.15) is 0 Å². The van der Waals surface area contributed by atoms with Gasteiger partial charge >= 0.3 is 125 Å². The summed E-state index contributed by atoms with van der Waals surface area (Å²) in [4.78, 5) is 11.5. The molecule has 0 bridgehead atoms. The summed E-state index contributed by atoms with van der Waals surface area (Å²) in [6.07, 6.45) is -3.82. The molecular formula is C13H17AsF4N2O. The number of carbonyl (C=O) groups excluding carboxylic acids is 1. The van der Waals surface area contributed by atoms with Gasteiger partial charge in [0.2, 0.25) is 0 Å². The number of anilines is 1. The molecular weight excluding hydrogens is 351 g/mol. The number of alkyl halides is 3. The Balaban J connectivity index is 2.58. The average molecular weight is 368 g/mol. The molecule has 0 aliphatic heterocycles. The van der Waals surface area contributed by atoms with E-state index >= 15 is 0 Å². The van der Waals surface area contributed by atoms with Crippen LogP contribution in [0, 0.1) is 5.82 Å². The van der Waals surface area contributed by atoms with Crippen LogP contribution in [0.5, 0.6) is 0 Å².